The first kappa shape index (κ1) is 28.8. The van der Waals surface area contributed by atoms with Crippen LogP contribution in [0.4, 0.5) is 0 Å². The van der Waals surface area contributed by atoms with E-state index in [0.29, 0.717) is 36.2 Å². The molecule has 196 valence electrons. The molecule has 0 bridgehead atoms. The summed E-state index contributed by atoms with van der Waals surface area (Å²) in [6.07, 6.45) is 0.450. The number of thioether (sulfide) groups is 1. The predicted molar refractivity (Wildman–Crippen MR) is 156 cm³/mol. The number of aryl methyl sites for hydroxylation is 2. The van der Waals surface area contributed by atoms with E-state index in [1.807, 2.05) is 54.6 Å². The van der Waals surface area contributed by atoms with Crippen molar-refractivity contribution in [1.29, 1.82) is 0 Å². The third-order valence-electron chi connectivity index (χ3n) is 6.00. The number of carbonyl (C=O) groups excluding carboxylic acids is 2. The minimum absolute atomic E-state index is 0.0510. The summed E-state index contributed by atoms with van der Waals surface area (Å²) in [5, 5.41) is 3.71. The monoisotopic (exact) mass is 536 g/mol. The summed E-state index contributed by atoms with van der Waals surface area (Å²) in [4.78, 5) is 28.9. The molecular formula is C31H37ClN2O2S. The quantitative estimate of drug-likeness (QED) is 0.283. The zero-order valence-corrected chi connectivity index (χ0v) is 23.7. The summed E-state index contributed by atoms with van der Waals surface area (Å²) in [6, 6.07) is 23.2. The van der Waals surface area contributed by atoms with Gasteiger partial charge >= 0.3 is 0 Å². The molecule has 1 N–H and O–H groups in total. The molecule has 37 heavy (non-hydrogen) atoms. The van der Waals surface area contributed by atoms with Crippen LogP contribution in [-0.4, -0.2) is 35.1 Å². The van der Waals surface area contributed by atoms with Gasteiger partial charge in [-0.15, -0.1) is 11.8 Å². The van der Waals surface area contributed by atoms with Crippen molar-refractivity contribution >= 4 is 35.2 Å². The Bertz CT molecular complexity index is 1150. The maximum atomic E-state index is 13.7. The number of hydrogen-bond donors (Lipinski definition) is 1. The Morgan fingerprint density at radius 3 is 2.16 bits per heavy atom. The lowest BCUT2D eigenvalue weighted by Gasteiger charge is -2.32. The molecule has 0 unspecified atom stereocenters. The number of rotatable bonds is 12. The third kappa shape index (κ3) is 9.56. The molecule has 0 saturated heterocycles. The van der Waals surface area contributed by atoms with E-state index >= 15 is 0 Å². The second kappa shape index (κ2) is 14.3. The standard InChI is InChI=1S/C31H37ClN2O2S/c1-22(2)18-33-31(36)29(17-25-8-6-5-7-9-25)34(19-26-10-12-28(32)13-11-26)30(35)21-37-20-27-15-23(3)14-24(4)16-27/h5-16,22,29H,17-21H2,1-4H3,(H,33,36)/t29-/m1/s1. The van der Waals surface area contributed by atoms with E-state index in [-0.39, 0.29) is 11.8 Å². The summed E-state index contributed by atoms with van der Waals surface area (Å²) in [7, 11) is 0. The number of halogens is 1. The summed E-state index contributed by atoms with van der Waals surface area (Å²) in [5.74, 6) is 1.18. The van der Waals surface area contributed by atoms with Gasteiger partial charge in [-0.3, -0.25) is 9.59 Å². The molecule has 0 aliphatic rings. The van der Waals surface area contributed by atoms with Crippen molar-refractivity contribution in [3.05, 3.63) is 106 Å². The maximum Gasteiger partial charge on any atom is 0.243 e. The molecule has 3 aromatic carbocycles. The van der Waals surface area contributed by atoms with Crippen molar-refractivity contribution < 1.29 is 9.59 Å². The molecule has 1 atom stereocenters. The molecule has 3 aromatic rings. The maximum absolute atomic E-state index is 13.7. The van der Waals surface area contributed by atoms with Crippen LogP contribution in [0, 0.1) is 19.8 Å². The van der Waals surface area contributed by atoms with E-state index in [0.717, 1.165) is 16.9 Å². The van der Waals surface area contributed by atoms with Crippen molar-refractivity contribution in [3.8, 4) is 0 Å². The minimum atomic E-state index is -0.619. The Hall–Kier alpha value is -2.76. The lowest BCUT2D eigenvalue weighted by atomic mass is 10.0. The van der Waals surface area contributed by atoms with Crippen LogP contribution in [0.25, 0.3) is 0 Å². The largest absolute Gasteiger partial charge is 0.354 e. The Labute approximate surface area is 230 Å². The highest BCUT2D eigenvalue weighted by Crippen LogP contribution is 2.20. The van der Waals surface area contributed by atoms with E-state index in [1.165, 1.54) is 16.7 Å². The smallest absolute Gasteiger partial charge is 0.243 e. The number of benzene rings is 3. The van der Waals surface area contributed by atoms with Gasteiger partial charge in [0.2, 0.25) is 11.8 Å². The molecule has 4 nitrogen and oxygen atoms in total. The number of amides is 2. The Morgan fingerprint density at radius 2 is 1.54 bits per heavy atom. The topological polar surface area (TPSA) is 49.4 Å². The minimum Gasteiger partial charge on any atom is -0.354 e. The van der Waals surface area contributed by atoms with E-state index < -0.39 is 6.04 Å². The van der Waals surface area contributed by atoms with Gasteiger partial charge in [-0.1, -0.05) is 97.2 Å². The highest BCUT2D eigenvalue weighted by Gasteiger charge is 2.30. The summed E-state index contributed by atoms with van der Waals surface area (Å²) in [6.45, 7) is 9.20. The summed E-state index contributed by atoms with van der Waals surface area (Å²) < 4.78 is 0. The molecule has 0 aliphatic heterocycles. The average Bonchev–Trinajstić information content (AvgIpc) is 2.85. The van der Waals surface area contributed by atoms with Crippen LogP contribution in [0.1, 0.15) is 41.7 Å². The van der Waals surface area contributed by atoms with Gasteiger partial charge < -0.3 is 10.2 Å². The Morgan fingerprint density at radius 1 is 0.892 bits per heavy atom. The van der Waals surface area contributed by atoms with Gasteiger partial charge in [0.15, 0.2) is 0 Å². The summed E-state index contributed by atoms with van der Waals surface area (Å²) in [5.41, 5.74) is 5.60. The van der Waals surface area contributed by atoms with Gasteiger partial charge in [0.05, 0.1) is 5.75 Å². The molecule has 0 heterocycles. The molecule has 0 fully saturated rings. The normalized spacial score (nSPS) is 11.8. The first-order valence-electron chi connectivity index (χ1n) is 12.7. The average molecular weight is 537 g/mol. The molecule has 2 amide bonds. The Balaban J connectivity index is 1.84. The highest BCUT2D eigenvalue weighted by atomic mass is 35.5. The molecule has 0 saturated carbocycles. The SMILES string of the molecule is Cc1cc(C)cc(CSCC(=O)N(Cc2ccc(Cl)cc2)[C@H](Cc2ccccc2)C(=O)NCC(C)C)c1. The second-order valence-corrected chi connectivity index (χ2v) is 11.4. The van der Waals surface area contributed by atoms with Gasteiger partial charge in [0.25, 0.3) is 0 Å². The number of nitrogens with one attached hydrogen (secondary N) is 1. The van der Waals surface area contributed by atoms with Gasteiger partial charge in [-0.2, -0.15) is 0 Å². The zero-order valence-electron chi connectivity index (χ0n) is 22.2. The highest BCUT2D eigenvalue weighted by molar-refractivity contribution is 7.99. The fourth-order valence-electron chi connectivity index (χ4n) is 4.25. The Kier molecular flexibility index (Phi) is 11.1. The summed E-state index contributed by atoms with van der Waals surface area (Å²) >= 11 is 7.69. The van der Waals surface area contributed by atoms with E-state index in [9.17, 15) is 9.59 Å². The first-order valence-corrected chi connectivity index (χ1v) is 14.2. The van der Waals surface area contributed by atoms with E-state index in [1.54, 1.807) is 16.7 Å². The lowest BCUT2D eigenvalue weighted by molar-refractivity contribution is -0.139. The van der Waals surface area contributed by atoms with Crippen LogP contribution < -0.4 is 5.32 Å². The van der Waals surface area contributed by atoms with Crippen LogP contribution in [-0.2, 0) is 28.3 Å². The lowest BCUT2D eigenvalue weighted by Crippen LogP contribution is -2.51. The zero-order chi connectivity index (χ0) is 26.8. The molecule has 0 aromatic heterocycles. The molecule has 0 aliphatic carbocycles. The van der Waals surface area contributed by atoms with Crippen LogP contribution in [0.2, 0.25) is 5.02 Å². The van der Waals surface area contributed by atoms with Crippen LogP contribution in [0.3, 0.4) is 0 Å². The third-order valence-corrected chi connectivity index (χ3v) is 7.24. The van der Waals surface area contributed by atoms with E-state index in [2.05, 4.69) is 51.2 Å². The van der Waals surface area contributed by atoms with Crippen molar-refractivity contribution in [2.75, 3.05) is 12.3 Å². The van der Waals surface area contributed by atoms with Crippen molar-refractivity contribution in [2.24, 2.45) is 5.92 Å². The second-order valence-electron chi connectivity index (χ2n) is 9.98. The first-order chi connectivity index (χ1) is 17.7. The van der Waals surface area contributed by atoms with Gasteiger partial charge in [0, 0.05) is 30.3 Å². The van der Waals surface area contributed by atoms with Crippen LogP contribution in [0.15, 0.2) is 72.8 Å². The molecule has 3 rings (SSSR count). The van der Waals surface area contributed by atoms with Crippen molar-refractivity contribution in [3.63, 3.8) is 0 Å². The molecule has 0 radical (unpaired) electrons. The molecular weight excluding hydrogens is 500 g/mol. The fraction of sp³-hybridized carbons (Fsp3) is 0.355. The molecule has 6 heteroatoms. The predicted octanol–water partition coefficient (Wildman–Crippen LogP) is 6.60. The van der Waals surface area contributed by atoms with E-state index in [4.69, 9.17) is 11.6 Å². The number of hydrogen-bond acceptors (Lipinski definition) is 3. The molecule has 0 spiro atoms. The van der Waals surface area contributed by atoms with Crippen LogP contribution in [0.5, 0.6) is 0 Å². The van der Waals surface area contributed by atoms with Crippen LogP contribution >= 0.6 is 23.4 Å². The number of nitrogens with zero attached hydrogens (tertiary/aromatic N) is 1. The van der Waals surface area contributed by atoms with Crippen molar-refractivity contribution in [1.82, 2.24) is 10.2 Å². The number of carbonyl (C=O) groups is 2. The van der Waals surface area contributed by atoms with Gasteiger partial charge in [-0.05, 0) is 48.6 Å². The fourth-order valence-corrected chi connectivity index (χ4v) is 5.23. The van der Waals surface area contributed by atoms with Gasteiger partial charge in [-0.25, -0.2) is 0 Å². The van der Waals surface area contributed by atoms with Crippen molar-refractivity contribution in [2.45, 2.75) is 52.5 Å². The van der Waals surface area contributed by atoms with Gasteiger partial charge in [0.1, 0.15) is 6.04 Å².